The third-order valence-electron chi connectivity index (χ3n) is 3.73. The average molecular weight is 292 g/mol. The summed E-state index contributed by atoms with van der Waals surface area (Å²) in [6.07, 6.45) is 4.94. The van der Waals surface area contributed by atoms with Crippen molar-refractivity contribution in [1.29, 1.82) is 0 Å². The van der Waals surface area contributed by atoms with Crippen molar-refractivity contribution in [3.8, 4) is 5.75 Å². The quantitative estimate of drug-likeness (QED) is 0.670. The Morgan fingerprint density at radius 2 is 1.67 bits per heavy atom. The van der Waals surface area contributed by atoms with Gasteiger partial charge in [0.15, 0.2) is 0 Å². The van der Waals surface area contributed by atoms with Crippen LogP contribution in [0.25, 0.3) is 0 Å². The Kier molecular flexibility index (Phi) is 9.11. The number of benzene rings is 1. The maximum absolute atomic E-state index is 6.45. The molecular formula is C18H32N2O. The molecule has 1 atom stereocenters. The van der Waals surface area contributed by atoms with Crippen LogP contribution in [-0.2, 0) is 0 Å². The largest absolute Gasteiger partial charge is 0.494 e. The maximum Gasteiger partial charge on any atom is 0.124 e. The van der Waals surface area contributed by atoms with Gasteiger partial charge in [0, 0.05) is 18.2 Å². The van der Waals surface area contributed by atoms with Crippen molar-refractivity contribution in [3.63, 3.8) is 0 Å². The van der Waals surface area contributed by atoms with E-state index in [-0.39, 0.29) is 6.04 Å². The summed E-state index contributed by atoms with van der Waals surface area (Å²) < 4.78 is 5.70. The zero-order valence-electron chi connectivity index (χ0n) is 14.0. The molecule has 21 heavy (non-hydrogen) atoms. The standard InChI is InChI=1S/C18H32N2O/c1-4-7-13-20(14-8-5-2)15-17(19)16-11-9-10-12-18(16)21-6-3/h9-12,17H,4-8,13-15,19H2,1-3H3. The molecule has 0 aliphatic carbocycles. The van der Waals surface area contributed by atoms with Gasteiger partial charge in [0.1, 0.15) is 5.75 Å². The first-order valence-corrected chi connectivity index (χ1v) is 8.42. The van der Waals surface area contributed by atoms with E-state index in [1.54, 1.807) is 0 Å². The van der Waals surface area contributed by atoms with Gasteiger partial charge in [-0.15, -0.1) is 0 Å². The highest BCUT2D eigenvalue weighted by Gasteiger charge is 2.15. The lowest BCUT2D eigenvalue weighted by Crippen LogP contribution is -2.34. The molecular weight excluding hydrogens is 260 g/mol. The summed E-state index contributed by atoms with van der Waals surface area (Å²) >= 11 is 0. The maximum atomic E-state index is 6.45. The molecule has 1 aromatic rings. The van der Waals surface area contributed by atoms with Crippen molar-refractivity contribution in [1.82, 2.24) is 4.90 Å². The van der Waals surface area contributed by atoms with Crippen molar-refractivity contribution in [3.05, 3.63) is 29.8 Å². The van der Waals surface area contributed by atoms with Crippen LogP contribution >= 0.6 is 0 Å². The van der Waals surface area contributed by atoms with Gasteiger partial charge in [0.2, 0.25) is 0 Å². The van der Waals surface area contributed by atoms with Crippen LogP contribution in [-0.4, -0.2) is 31.1 Å². The van der Waals surface area contributed by atoms with Gasteiger partial charge < -0.3 is 15.4 Å². The molecule has 1 unspecified atom stereocenters. The second-order valence-electron chi connectivity index (χ2n) is 5.59. The first-order valence-electron chi connectivity index (χ1n) is 8.42. The van der Waals surface area contributed by atoms with Gasteiger partial charge in [-0.25, -0.2) is 0 Å². The molecule has 0 aromatic heterocycles. The third kappa shape index (κ3) is 6.49. The zero-order valence-corrected chi connectivity index (χ0v) is 14.0. The number of nitrogens with zero attached hydrogens (tertiary/aromatic N) is 1. The highest BCUT2D eigenvalue weighted by Crippen LogP contribution is 2.24. The summed E-state index contributed by atoms with van der Waals surface area (Å²) in [6, 6.07) is 8.17. The number of hydrogen-bond acceptors (Lipinski definition) is 3. The summed E-state index contributed by atoms with van der Waals surface area (Å²) in [5.41, 5.74) is 7.57. The van der Waals surface area contributed by atoms with E-state index in [4.69, 9.17) is 10.5 Å². The fourth-order valence-corrected chi connectivity index (χ4v) is 2.51. The fraction of sp³-hybridized carbons (Fsp3) is 0.667. The lowest BCUT2D eigenvalue weighted by molar-refractivity contribution is 0.247. The minimum Gasteiger partial charge on any atom is -0.494 e. The number of nitrogens with two attached hydrogens (primary N) is 1. The predicted octanol–water partition coefficient (Wildman–Crippen LogP) is 3.99. The molecule has 0 saturated heterocycles. The molecule has 3 nitrogen and oxygen atoms in total. The van der Waals surface area contributed by atoms with Crippen LogP contribution in [0, 0.1) is 0 Å². The number of unbranched alkanes of at least 4 members (excludes halogenated alkanes) is 2. The highest BCUT2D eigenvalue weighted by atomic mass is 16.5. The molecule has 2 N–H and O–H groups in total. The first kappa shape index (κ1) is 18.0. The summed E-state index contributed by atoms with van der Waals surface area (Å²) in [5, 5.41) is 0. The molecule has 0 heterocycles. The molecule has 0 fully saturated rings. The monoisotopic (exact) mass is 292 g/mol. The highest BCUT2D eigenvalue weighted by molar-refractivity contribution is 5.35. The van der Waals surface area contributed by atoms with E-state index in [0.717, 1.165) is 30.9 Å². The van der Waals surface area contributed by atoms with Crippen molar-refractivity contribution >= 4 is 0 Å². The predicted molar refractivity (Wildman–Crippen MR) is 90.8 cm³/mol. The average Bonchev–Trinajstić information content (AvgIpc) is 2.50. The molecule has 0 aliphatic heterocycles. The number of para-hydroxylation sites is 1. The van der Waals surface area contributed by atoms with Gasteiger partial charge in [-0.1, -0.05) is 44.9 Å². The van der Waals surface area contributed by atoms with E-state index in [1.807, 2.05) is 25.1 Å². The Balaban J connectivity index is 2.68. The molecule has 120 valence electrons. The molecule has 0 spiro atoms. The minimum atomic E-state index is 0.0152. The number of ether oxygens (including phenoxy) is 1. The molecule has 0 radical (unpaired) electrons. The van der Waals surface area contributed by atoms with Crippen LogP contribution in [0.4, 0.5) is 0 Å². The van der Waals surface area contributed by atoms with Gasteiger partial charge in [0.25, 0.3) is 0 Å². The minimum absolute atomic E-state index is 0.0152. The van der Waals surface area contributed by atoms with Crippen molar-refractivity contribution in [2.75, 3.05) is 26.2 Å². The molecule has 0 amide bonds. The van der Waals surface area contributed by atoms with Crippen LogP contribution in [0.5, 0.6) is 5.75 Å². The summed E-state index contributed by atoms with van der Waals surface area (Å²) in [5.74, 6) is 0.929. The second kappa shape index (κ2) is 10.6. The van der Waals surface area contributed by atoms with E-state index in [0.29, 0.717) is 6.61 Å². The second-order valence-corrected chi connectivity index (χ2v) is 5.59. The van der Waals surface area contributed by atoms with Crippen LogP contribution in [0.3, 0.4) is 0 Å². The van der Waals surface area contributed by atoms with E-state index in [9.17, 15) is 0 Å². The van der Waals surface area contributed by atoms with Gasteiger partial charge in [-0.2, -0.15) is 0 Å². The van der Waals surface area contributed by atoms with Crippen LogP contribution < -0.4 is 10.5 Å². The van der Waals surface area contributed by atoms with Gasteiger partial charge in [0.05, 0.1) is 6.61 Å². The van der Waals surface area contributed by atoms with E-state index >= 15 is 0 Å². The molecule has 1 aromatic carbocycles. The topological polar surface area (TPSA) is 38.5 Å². The zero-order chi connectivity index (χ0) is 15.5. The smallest absolute Gasteiger partial charge is 0.124 e. The number of hydrogen-bond donors (Lipinski definition) is 1. The third-order valence-corrected chi connectivity index (χ3v) is 3.73. The van der Waals surface area contributed by atoms with Gasteiger partial charge in [-0.3, -0.25) is 0 Å². The Morgan fingerprint density at radius 1 is 1.05 bits per heavy atom. The summed E-state index contributed by atoms with van der Waals surface area (Å²) in [4.78, 5) is 2.50. The van der Waals surface area contributed by atoms with Crippen molar-refractivity contribution < 1.29 is 4.74 Å². The lowest BCUT2D eigenvalue weighted by atomic mass is 10.1. The van der Waals surface area contributed by atoms with E-state index in [2.05, 4.69) is 24.8 Å². The van der Waals surface area contributed by atoms with Crippen LogP contribution in [0.1, 0.15) is 58.1 Å². The Hall–Kier alpha value is -1.06. The normalized spacial score (nSPS) is 12.6. The molecule has 0 saturated carbocycles. The van der Waals surface area contributed by atoms with Crippen LogP contribution in [0.15, 0.2) is 24.3 Å². The Labute approximate surface area is 130 Å². The summed E-state index contributed by atoms with van der Waals surface area (Å²) in [7, 11) is 0. The van der Waals surface area contributed by atoms with Gasteiger partial charge >= 0.3 is 0 Å². The van der Waals surface area contributed by atoms with E-state index in [1.165, 1.54) is 25.7 Å². The number of rotatable bonds is 11. The Bertz CT molecular complexity index is 373. The van der Waals surface area contributed by atoms with Crippen molar-refractivity contribution in [2.24, 2.45) is 5.73 Å². The molecule has 0 aliphatic rings. The Morgan fingerprint density at radius 3 is 2.24 bits per heavy atom. The van der Waals surface area contributed by atoms with Crippen LogP contribution in [0.2, 0.25) is 0 Å². The van der Waals surface area contributed by atoms with Crippen molar-refractivity contribution in [2.45, 2.75) is 52.5 Å². The summed E-state index contributed by atoms with van der Waals surface area (Å²) in [6.45, 7) is 10.4. The fourth-order valence-electron chi connectivity index (χ4n) is 2.51. The van der Waals surface area contributed by atoms with Gasteiger partial charge in [-0.05, 0) is 38.9 Å². The molecule has 1 rings (SSSR count). The van der Waals surface area contributed by atoms with E-state index < -0.39 is 0 Å². The first-order chi connectivity index (χ1) is 10.2. The molecule has 3 heteroatoms. The SMILES string of the molecule is CCCCN(CCCC)CC(N)c1ccccc1OCC. The lowest BCUT2D eigenvalue weighted by Gasteiger charge is -2.26. The molecule has 0 bridgehead atoms.